The Bertz CT molecular complexity index is 869. The molecule has 0 radical (unpaired) electrons. The summed E-state index contributed by atoms with van der Waals surface area (Å²) in [6.07, 6.45) is 5.75. The Balaban J connectivity index is 1.17. The first-order valence-corrected chi connectivity index (χ1v) is 10.7. The lowest BCUT2D eigenvalue weighted by atomic mass is 9.50. The SMILES string of the molecule is NCC1CC2(C1)CC(NCc1ccc3c(c1)CN(C1CCC(=O)NC1=O)C3=O)C2. The first kappa shape index (κ1) is 18.8. The fourth-order valence-corrected chi connectivity index (χ4v) is 5.79. The molecule has 7 nitrogen and oxygen atoms in total. The van der Waals surface area contributed by atoms with Gasteiger partial charge < -0.3 is 16.0 Å². The molecule has 5 rings (SSSR count). The lowest BCUT2D eigenvalue weighted by molar-refractivity contribution is -0.136. The molecule has 7 heteroatoms. The lowest BCUT2D eigenvalue weighted by Gasteiger charge is -2.58. The van der Waals surface area contributed by atoms with Crippen LogP contribution in [0.1, 0.15) is 60.0 Å². The van der Waals surface area contributed by atoms with E-state index in [9.17, 15) is 14.4 Å². The number of rotatable bonds is 5. The van der Waals surface area contributed by atoms with Gasteiger partial charge in [0.15, 0.2) is 0 Å². The van der Waals surface area contributed by atoms with Gasteiger partial charge in [0.25, 0.3) is 5.91 Å². The van der Waals surface area contributed by atoms with Crippen molar-refractivity contribution in [1.82, 2.24) is 15.5 Å². The second-order valence-corrected chi connectivity index (χ2v) is 9.39. The van der Waals surface area contributed by atoms with E-state index in [1.807, 2.05) is 12.1 Å². The van der Waals surface area contributed by atoms with Gasteiger partial charge in [-0.2, -0.15) is 0 Å². The number of nitrogens with zero attached hydrogens (tertiary/aromatic N) is 1. The molecule has 1 aromatic carbocycles. The van der Waals surface area contributed by atoms with Gasteiger partial charge in [0.2, 0.25) is 11.8 Å². The normalized spacial score (nSPS) is 33.3. The standard InChI is InChI=1S/C22H28N4O3/c23-10-14-6-22(7-14)8-16(9-22)24-11-13-1-2-17-15(5-13)12-26(21(17)29)18-3-4-19(27)25-20(18)28/h1-2,5,14,16,18,24H,3-4,6-12,23H2,(H,25,27,28). The second kappa shape index (κ2) is 6.92. The fraction of sp³-hybridized carbons (Fsp3) is 0.591. The van der Waals surface area contributed by atoms with E-state index in [4.69, 9.17) is 5.73 Å². The molecule has 2 aliphatic carbocycles. The summed E-state index contributed by atoms with van der Waals surface area (Å²) in [5.74, 6) is -0.00929. The minimum Gasteiger partial charge on any atom is -0.330 e. The van der Waals surface area contributed by atoms with Crippen molar-refractivity contribution in [2.45, 2.75) is 63.7 Å². The molecule has 2 saturated carbocycles. The highest BCUT2D eigenvalue weighted by molar-refractivity contribution is 6.05. The molecule has 1 unspecified atom stereocenters. The summed E-state index contributed by atoms with van der Waals surface area (Å²) in [5, 5.41) is 5.99. The number of piperidine rings is 1. The maximum Gasteiger partial charge on any atom is 0.255 e. The predicted octanol–water partition coefficient (Wildman–Crippen LogP) is 1.05. The molecular weight excluding hydrogens is 368 g/mol. The topological polar surface area (TPSA) is 105 Å². The molecular formula is C22H28N4O3. The van der Waals surface area contributed by atoms with Gasteiger partial charge >= 0.3 is 0 Å². The van der Waals surface area contributed by atoms with Crippen LogP contribution in [0.4, 0.5) is 0 Å². The Morgan fingerprint density at radius 2 is 1.97 bits per heavy atom. The van der Waals surface area contributed by atoms with Crippen molar-refractivity contribution in [2.75, 3.05) is 6.54 Å². The highest BCUT2D eigenvalue weighted by Gasteiger charge is 2.51. The van der Waals surface area contributed by atoms with Gasteiger partial charge in [0, 0.05) is 31.1 Å². The number of amides is 3. The van der Waals surface area contributed by atoms with Crippen LogP contribution in [0.15, 0.2) is 18.2 Å². The summed E-state index contributed by atoms with van der Waals surface area (Å²) in [4.78, 5) is 37.9. The van der Waals surface area contributed by atoms with Crippen molar-refractivity contribution in [1.29, 1.82) is 0 Å². The van der Waals surface area contributed by atoms with Crippen molar-refractivity contribution in [3.05, 3.63) is 34.9 Å². The number of imide groups is 1. The van der Waals surface area contributed by atoms with Gasteiger partial charge in [-0.15, -0.1) is 0 Å². The Kier molecular flexibility index (Phi) is 4.47. The van der Waals surface area contributed by atoms with Crippen molar-refractivity contribution >= 4 is 17.7 Å². The van der Waals surface area contributed by atoms with E-state index in [-0.39, 0.29) is 24.1 Å². The largest absolute Gasteiger partial charge is 0.330 e. The number of fused-ring (bicyclic) bond motifs is 1. The Morgan fingerprint density at radius 1 is 1.17 bits per heavy atom. The zero-order valence-corrected chi connectivity index (χ0v) is 16.6. The maximum atomic E-state index is 12.8. The van der Waals surface area contributed by atoms with Gasteiger partial charge in [0.1, 0.15) is 6.04 Å². The third kappa shape index (κ3) is 3.26. The minimum absolute atomic E-state index is 0.116. The molecule has 3 amide bonds. The molecule has 4 aliphatic rings. The Labute approximate surface area is 170 Å². The van der Waals surface area contributed by atoms with Crippen LogP contribution >= 0.6 is 0 Å². The number of carbonyl (C=O) groups is 3. The Morgan fingerprint density at radius 3 is 2.69 bits per heavy atom. The first-order chi connectivity index (χ1) is 14.0. The van der Waals surface area contributed by atoms with Crippen LogP contribution in [-0.4, -0.2) is 41.2 Å². The molecule has 3 fully saturated rings. The predicted molar refractivity (Wildman–Crippen MR) is 107 cm³/mol. The van der Waals surface area contributed by atoms with Gasteiger partial charge in [0.05, 0.1) is 0 Å². The molecule has 29 heavy (non-hydrogen) atoms. The molecule has 0 aromatic heterocycles. The molecule has 1 atom stereocenters. The fourth-order valence-electron chi connectivity index (χ4n) is 5.79. The van der Waals surface area contributed by atoms with E-state index in [2.05, 4.69) is 16.7 Å². The van der Waals surface area contributed by atoms with Gasteiger partial charge in [-0.05, 0) is 67.2 Å². The first-order valence-electron chi connectivity index (χ1n) is 10.7. The van der Waals surface area contributed by atoms with Crippen LogP contribution in [-0.2, 0) is 22.7 Å². The van der Waals surface area contributed by atoms with E-state index < -0.39 is 6.04 Å². The van der Waals surface area contributed by atoms with Crippen LogP contribution in [0.3, 0.4) is 0 Å². The smallest absolute Gasteiger partial charge is 0.255 e. The maximum absolute atomic E-state index is 12.8. The summed E-state index contributed by atoms with van der Waals surface area (Å²) in [6, 6.07) is 5.97. The monoisotopic (exact) mass is 396 g/mol. The van der Waals surface area contributed by atoms with Gasteiger partial charge in [-0.1, -0.05) is 12.1 Å². The van der Waals surface area contributed by atoms with Crippen LogP contribution in [0.2, 0.25) is 0 Å². The van der Waals surface area contributed by atoms with E-state index in [0.717, 1.165) is 30.1 Å². The molecule has 0 bridgehead atoms. The molecule has 1 aromatic rings. The number of hydrogen-bond donors (Lipinski definition) is 3. The lowest BCUT2D eigenvalue weighted by Crippen LogP contribution is -2.55. The number of nitrogens with one attached hydrogen (secondary N) is 2. The zero-order chi connectivity index (χ0) is 20.2. The summed E-state index contributed by atoms with van der Waals surface area (Å²) >= 11 is 0. The highest BCUT2D eigenvalue weighted by atomic mass is 16.2. The number of carbonyl (C=O) groups excluding carboxylic acids is 3. The molecule has 4 N–H and O–H groups in total. The third-order valence-corrected chi connectivity index (χ3v) is 7.32. The van der Waals surface area contributed by atoms with E-state index in [1.165, 1.54) is 25.7 Å². The quantitative estimate of drug-likeness (QED) is 0.646. The van der Waals surface area contributed by atoms with Crippen molar-refractivity contribution in [3.8, 4) is 0 Å². The van der Waals surface area contributed by atoms with E-state index >= 15 is 0 Å². The van der Waals surface area contributed by atoms with Gasteiger partial charge in [-0.25, -0.2) is 0 Å². The molecule has 2 aliphatic heterocycles. The van der Waals surface area contributed by atoms with Crippen LogP contribution < -0.4 is 16.4 Å². The molecule has 1 spiro atoms. The number of benzene rings is 1. The minimum atomic E-state index is -0.555. The molecule has 2 heterocycles. The molecule has 1 saturated heterocycles. The number of nitrogens with two attached hydrogens (primary N) is 1. The summed E-state index contributed by atoms with van der Waals surface area (Å²) in [7, 11) is 0. The summed E-state index contributed by atoms with van der Waals surface area (Å²) in [6.45, 7) is 2.05. The average Bonchev–Trinajstić information content (AvgIpc) is 2.95. The number of hydrogen-bond acceptors (Lipinski definition) is 5. The second-order valence-electron chi connectivity index (χ2n) is 9.39. The summed E-state index contributed by atoms with van der Waals surface area (Å²) in [5.41, 5.74) is 9.11. The van der Waals surface area contributed by atoms with Crippen molar-refractivity contribution < 1.29 is 14.4 Å². The van der Waals surface area contributed by atoms with Crippen LogP contribution in [0.5, 0.6) is 0 Å². The van der Waals surface area contributed by atoms with Crippen LogP contribution in [0.25, 0.3) is 0 Å². The average molecular weight is 396 g/mol. The Hall–Kier alpha value is -2.25. The van der Waals surface area contributed by atoms with Crippen LogP contribution in [0, 0.1) is 11.3 Å². The van der Waals surface area contributed by atoms with Crippen molar-refractivity contribution in [3.63, 3.8) is 0 Å². The molecule has 154 valence electrons. The zero-order valence-electron chi connectivity index (χ0n) is 16.6. The highest BCUT2D eigenvalue weighted by Crippen LogP contribution is 2.58. The van der Waals surface area contributed by atoms with Crippen molar-refractivity contribution in [2.24, 2.45) is 17.1 Å². The van der Waals surface area contributed by atoms with E-state index in [0.29, 0.717) is 30.0 Å². The summed E-state index contributed by atoms with van der Waals surface area (Å²) < 4.78 is 0. The van der Waals surface area contributed by atoms with E-state index in [1.54, 1.807) is 4.90 Å². The van der Waals surface area contributed by atoms with Gasteiger partial charge in [-0.3, -0.25) is 19.7 Å². The third-order valence-electron chi connectivity index (χ3n) is 7.32.